The van der Waals surface area contributed by atoms with Crippen LogP contribution in [-0.2, 0) is 5.60 Å². The zero-order valence-electron chi connectivity index (χ0n) is 8.34. The molecule has 1 aliphatic carbocycles. The van der Waals surface area contributed by atoms with Crippen LogP contribution in [-0.4, -0.2) is 11.9 Å². The summed E-state index contributed by atoms with van der Waals surface area (Å²) < 4.78 is 10.5. The number of benzene rings is 1. The van der Waals surface area contributed by atoms with E-state index in [4.69, 9.17) is 21.1 Å². The van der Waals surface area contributed by atoms with Gasteiger partial charge in [-0.3, -0.25) is 0 Å². The van der Waals surface area contributed by atoms with Crippen LogP contribution < -0.4 is 9.47 Å². The number of rotatable bonds is 1. The molecule has 0 atom stereocenters. The Bertz CT molecular complexity index is 438. The van der Waals surface area contributed by atoms with Crippen molar-refractivity contribution in [1.29, 1.82) is 0 Å². The Hall–Kier alpha value is -0.930. The molecule has 1 aromatic carbocycles. The molecule has 0 aromatic heterocycles. The predicted molar refractivity (Wildman–Crippen MR) is 55.4 cm³/mol. The Morgan fingerprint density at radius 1 is 1.40 bits per heavy atom. The molecule has 1 aliphatic heterocycles. The van der Waals surface area contributed by atoms with Crippen molar-refractivity contribution in [3.05, 3.63) is 22.2 Å². The van der Waals surface area contributed by atoms with Gasteiger partial charge in [-0.25, -0.2) is 0 Å². The maximum atomic E-state index is 10.1. The molecule has 4 heteroatoms. The van der Waals surface area contributed by atoms with Crippen LogP contribution in [0.4, 0.5) is 0 Å². The van der Waals surface area contributed by atoms with Crippen LogP contribution in [0.2, 0.25) is 5.02 Å². The van der Waals surface area contributed by atoms with Gasteiger partial charge in [0.15, 0.2) is 11.5 Å². The van der Waals surface area contributed by atoms with E-state index < -0.39 is 5.60 Å². The van der Waals surface area contributed by atoms with E-state index in [1.165, 1.54) is 0 Å². The van der Waals surface area contributed by atoms with Gasteiger partial charge in [0.05, 0.1) is 10.6 Å². The largest absolute Gasteiger partial charge is 0.454 e. The molecular formula is C11H11ClO3. The molecule has 15 heavy (non-hydrogen) atoms. The van der Waals surface area contributed by atoms with Crippen molar-refractivity contribution in [1.82, 2.24) is 0 Å². The fraction of sp³-hybridized carbons (Fsp3) is 0.455. The second-order valence-electron chi connectivity index (χ2n) is 4.13. The third-order valence-electron chi connectivity index (χ3n) is 3.07. The lowest BCUT2D eigenvalue weighted by atomic mass is 10.0. The summed E-state index contributed by atoms with van der Waals surface area (Å²) in [5.41, 5.74) is 1.08. The van der Waals surface area contributed by atoms with Gasteiger partial charge in [-0.1, -0.05) is 11.6 Å². The minimum atomic E-state index is -0.686. The zero-order chi connectivity index (χ0) is 10.6. The van der Waals surface area contributed by atoms with Crippen molar-refractivity contribution in [2.24, 2.45) is 0 Å². The Morgan fingerprint density at radius 2 is 2.13 bits per heavy atom. The molecule has 1 aromatic rings. The molecule has 80 valence electrons. The molecule has 0 bridgehead atoms. The molecule has 3 rings (SSSR count). The van der Waals surface area contributed by atoms with Gasteiger partial charge >= 0.3 is 0 Å². The van der Waals surface area contributed by atoms with Gasteiger partial charge in [0.25, 0.3) is 0 Å². The number of halogens is 1. The summed E-state index contributed by atoms with van der Waals surface area (Å²) in [7, 11) is 0. The normalized spacial score (nSPS) is 20.5. The Balaban J connectivity index is 2.20. The first-order valence-electron chi connectivity index (χ1n) is 4.93. The molecule has 3 nitrogen and oxygen atoms in total. The van der Waals surface area contributed by atoms with Gasteiger partial charge in [-0.2, -0.15) is 0 Å². The van der Waals surface area contributed by atoms with E-state index in [1.54, 1.807) is 0 Å². The van der Waals surface area contributed by atoms with Gasteiger partial charge in [-0.15, -0.1) is 0 Å². The van der Waals surface area contributed by atoms with Gasteiger partial charge in [0, 0.05) is 0 Å². The molecule has 0 unspecified atom stereocenters. The first-order chi connectivity index (χ1) is 7.12. The summed E-state index contributed by atoms with van der Waals surface area (Å²) >= 11 is 6.16. The maximum Gasteiger partial charge on any atom is 0.231 e. The van der Waals surface area contributed by atoms with Crippen LogP contribution in [0.15, 0.2) is 6.07 Å². The predicted octanol–water partition coefficient (Wildman–Crippen LogP) is 2.36. The van der Waals surface area contributed by atoms with Crippen LogP contribution in [0, 0.1) is 6.92 Å². The van der Waals surface area contributed by atoms with Gasteiger partial charge in [-0.05, 0) is 37.0 Å². The number of aliphatic hydroxyl groups is 1. The monoisotopic (exact) mass is 226 g/mol. The molecular weight excluding hydrogens is 216 g/mol. The highest BCUT2D eigenvalue weighted by Crippen LogP contribution is 2.52. The first kappa shape index (κ1) is 9.31. The highest BCUT2D eigenvalue weighted by molar-refractivity contribution is 6.33. The minimum Gasteiger partial charge on any atom is -0.454 e. The van der Waals surface area contributed by atoms with Crippen LogP contribution in [0.1, 0.15) is 24.0 Å². The highest BCUT2D eigenvalue weighted by Gasteiger charge is 2.44. The van der Waals surface area contributed by atoms with E-state index in [0.29, 0.717) is 16.5 Å². The number of hydrogen-bond donors (Lipinski definition) is 1. The molecule has 0 saturated heterocycles. The Morgan fingerprint density at radius 3 is 2.80 bits per heavy atom. The van der Waals surface area contributed by atoms with E-state index in [9.17, 15) is 5.11 Å². The fourth-order valence-electron chi connectivity index (χ4n) is 1.97. The quantitative estimate of drug-likeness (QED) is 0.799. The molecule has 1 heterocycles. The molecule has 0 radical (unpaired) electrons. The Kier molecular flexibility index (Phi) is 1.74. The summed E-state index contributed by atoms with van der Waals surface area (Å²) in [5, 5.41) is 10.6. The smallest absolute Gasteiger partial charge is 0.231 e. The lowest BCUT2D eigenvalue weighted by Gasteiger charge is -2.14. The standard InChI is InChI=1S/C11H11ClO3/c1-6-7(11(13)2-3-11)4-8-10(9(6)12)15-5-14-8/h4,13H,2-3,5H2,1H3. The Labute approximate surface area is 92.6 Å². The van der Waals surface area contributed by atoms with Crippen LogP contribution in [0.25, 0.3) is 0 Å². The first-order valence-corrected chi connectivity index (χ1v) is 5.31. The highest BCUT2D eigenvalue weighted by atomic mass is 35.5. The minimum absolute atomic E-state index is 0.205. The van der Waals surface area contributed by atoms with E-state index in [0.717, 1.165) is 24.0 Å². The number of hydrogen-bond acceptors (Lipinski definition) is 3. The van der Waals surface area contributed by atoms with Crippen molar-refractivity contribution in [3.63, 3.8) is 0 Å². The van der Waals surface area contributed by atoms with Gasteiger partial charge < -0.3 is 14.6 Å². The van der Waals surface area contributed by atoms with E-state index in [1.807, 2.05) is 13.0 Å². The molecule has 1 saturated carbocycles. The second kappa shape index (κ2) is 2.80. The topological polar surface area (TPSA) is 38.7 Å². The lowest BCUT2D eigenvalue weighted by Crippen LogP contribution is -2.07. The molecule has 0 amide bonds. The lowest BCUT2D eigenvalue weighted by molar-refractivity contribution is 0.150. The molecule has 1 N–H and O–H groups in total. The summed E-state index contributed by atoms with van der Waals surface area (Å²) in [5.74, 6) is 1.24. The van der Waals surface area contributed by atoms with E-state index in [-0.39, 0.29) is 6.79 Å². The van der Waals surface area contributed by atoms with E-state index in [2.05, 4.69) is 0 Å². The molecule has 0 spiro atoms. The van der Waals surface area contributed by atoms with Crippen LogP contribution in [0.3, 0.4) is 0 Å². The van der Waals surface area contributed by atoms with Crippen molar-refractivity contribution >= 4 is 11.6 Å². The van der Waals surface area contributed by atoms with E-state index >= 15 is 0 Å². The average molecular weight is 227 g/mol. The summed E-state index contributed by atoms with van der Waals surface area (Å²) in [6.45, 7) is 2.10. The number of ether oxygens (including phenoxy) is 2. The fourth-order valence-corrected chi connectivity index (χ4v) is 2.22. The van der Waals surface area contributed by atoms with Gasteiger partial charge in [0.1, 0.15) is 0 Å². The summed E-state index contributed by atoms with van der Waals surface area (Å²) in [6, 6.07) is 1.84. The zero-order valence-corrected chi connectivity index (χ0v) is 9.10. The number of fused-ring (bicyclic) bond motifs is 1. The maximum absolute atomic E-state index is 10.1. The second-order valence-corrected chi connectivity index (χ2v) is 4.51. The van der Waals surface area contributed by atoms with Gasteiger partial charge in [0.2, 0.25) is 6.79 Å². The van der Waals surface area contributed by atoms with Crippen LogP contribution in [0.5, 0.6) is 11.5 Å². The van der Waals surface area contributed by atoms with Crippen molar-refractivity contribution in [2.75, 3.05) is 6.79 Å². The van der Waals surface area contributed by atoms with Crippen molar-refractivity contribution in [2.45, 2.75) is 25.4 Å². The SMILES string of the molecule is Cc1c(C2(O)CC2)cc2c(c1Cl)OCO2. The molecule has 1 fully saturated rings. The van der Waals surface area contributed by atoms with Crippen molar-refractivity contribution < 1.29 is 14.6 Å². The average Bonchev–Trinajstić information content (AvgIpc) is 2.80. The summed E-state index contributed by atoms with van der Waals surface area (Å²) in [4.78, 5) is 0. The van der Waals surface area contributed by atoms with Crippen molar-refractivity contribution in [3.8, 4) is 11.5 Å². The third kappa shape index (κ3) is 1.23. The van der Waals surface area contributed by atoms with Crippen LogP contribution >= 0.6 is 11.6 Å². The third-order valence-corrected chi connectivity index (χ3v) is 3.53. The summed E-state index contributed by atoms with van der Waals surface area (Å²) in [6.07, 6.45) is 1.59. The molecule has 2 aliphatic rings.